The number of rotatable bonds is 20. The first-order chi connectivity index (χ1) is 16.7. The van der Waals surface area contributed by atoms with Crippen molar-refractivity contribution in [2.24, 2.45) is 5.92 Å². The van der Waals surface area contributed by atoms with E-state index in [1.165, 1.54) is 69.8 Å². The number of nitrogens with zero attached hydrogens (tertiary/aromatic N) is 2. The maximum absolute atomic E-state index is 5.86. The molecule has 0 bridgehead atoms. The molecule has 0 N–H and O–H groups in total. The summed E-state index contributed by atoms with van der Waals surface area (Å²) in [6, 6.07) is 8.10. The molecular weight excluding hydrogens is 420 g/mol. The number of hydrogen-bond acceptors (Lipinski definition) is 4. The van der Waals surface area contributed by atoms with Gasteiger partial charge in [0.25, 0.3) is 0 Å². The van der Waals surface area contributed by atoms with Gasteiger partial charge in [-0.3, -0.25) is 0 Å². The van der Waals surface area contributed by atoms with Gasteiger partial charge in [0, 0.05) is 31.2 Å². The summed E-state index contributed by atoms with van der Waals surface area (Å²) >= 11 is 0. The van der Waals surface area contributed by atoms with Crippen molar-refractivity contribution in [1.82, 2.24) is 9.97 Å². The van der Waals surface area contributed by atoms with Crippen molar-refractivity contribution in [1.29, 1.82) is 0 Å². The standard InChI is InChI=1S/C30H48N2O2/c1-4-6-7-8-9-10-11-12-13-16-27-23-31-30(32-24-27)28-17-19-29(20-18-28)34-22-15-14-21-33-25-26(3)5-2/h17-20,23-24,26H,4-16,21-22,25H2,1-3H3/t26-/m0/s1. The summed E-state index contributed by atoms with van der Waals surface area (Å²) in [5.41, 5.74) is 2.26. The van der Waals surface area contributed by atoms with Crippen LogP contribution in [0.2, 0.25) is 0 Å². The molecular formula is C30H48N2O2. The molecule has 1 heterocycles. The SMILES string of the molecule is CCCCCCCCCCCc1cnc(-c2ccc(OCCCCOC[C@@H](C)CC)cc2)nc1. The molecule has 0 aliphatic carbocycles. The van der Waals surface area contributed by atoms with E-state index in [0.29, 0.717) is 5.92 Å². The predicted molar refractivity (Wildman–Crippen MR) is 143 cm³/mol. The topological polar surface area (TPSA) is 44.2 Å². The van der Waals surface area contributed by atoms with Crippen LogP contribution in [0.15, 0.2) is 36.7 Å². The van der Waals surface area contributed by atoms with Crippen molar-refractivity contribution in [2.75, 3.05) is 19.8 Å². The highest BCUT2D eigenvalue weighted by Crippen LogP contribution is 2.20. The van der Waals surface area contributed by atoms with Gasteiger partial charge in [0.1, 0.15) is 5.75 Å². The molecule has 0 aliphatic heterocycles. The second-order valence-corrected chi connectivity index (χ2v) is 9.66. The smallest absolute Gasteiger partial charge is 0.159 e. The molecule has 0 fully saturated rings. The van der Waals surface area contributed by atoms with E-state index in [1.54, 1.807) is 0 Å². The van der Waals surface area contributed by atoms with Crippen molar-refractivity contribution < 1.29 is 9.47 Å². The van der Waals surface area contributed by atoms with Gasteiger partial charge in [-0.25, -0.2) is 9.97 Å². The van der Waals surface area contributed by atoms with E-state index < -0.39 is 0 Å². The first kappa shape index (κ1) is 28.3. The van der Waals surface area contributed by atoms with Crippen LogP contribution in [0.1, 0.15) is 103 Å². The third-order valence-electron chi connectivity index (χ3n) is 6.44. The van der Waals surface area contributed by atoms with Crippen LogP contribution in [0.3, 0.4) is 0 Å². The van der Waals surface area contributed by atoms with Crippen molar-refractivity contribution in [3.8, 4) is 17.1 Å². The zero-order chi connectivity index (χ0) is 24.3. The molecule has 0 amide bonds. The van der Waals surface area contributed by atoms with E-state index in [1.807, 2.05) is 36.7 Å². The van der Waals surface area contributed by atoms with Gasteiger partial charge >= 0.3 is 0 Å². The normalized spacial score (nSPS) is 12.1. The minimum absolute atomic E-state index is 0.648. The number of aryl methyl sites for hydroxylation is 1. The van der Waals surface area contributed by atoms with Crippen LogP contribution in [-0.2, 0) is 11.2 Å². The van der Waals surface area contributed by atoms with Gasteiger partial charge in [-0.05, 0) is 61.4 Å². The maximum Gasteiger partial charge on any atom is 0.159 e. The Kier molecular flexibility index (Phi) is 15.3. The highest BCUT2D eigenvalue weighted by Gasteiger charge is 2.04. The molecule has 4 heteroatoms. The summed E-state index contributed by atoms with van der Waals surface area (Å²) in [7, 11) is 0. The van der Waals surface area contributed by atoms with Gasteiger partial charge in [0.15, 0.2) is 5.82 Å². The van der Waals surface area contributed by atoms with E-state index in [4.69, 9.17) is 9.47 Å². The third kappa shape index (κ3) is 12.5. The largest absolute Gasteiger partial charge is 0.494 e. The molecule has 34 heavy (non-hydrogen) atoms. The van der Waals surface area contributed by atoms with Gasteiger partial charge in [-0.2, -0.15) is 0 Å². The average molecular weight is 469 g/mol. The molecule has 4 nitrogen and oxygen atoms in total. The van der Waals surface area contributed by atoms with Gasteiger partial charge in [-0.15, -0.1) is 0 Å². The number of benzene rings is 1. The van der Waals surface area contributed by atoms with E-state index >= 15 is 0 Å². The van der Waals surface area contributed by atoms with Gasteiger partial charge in [-0.1, -0.05) is 78.6 Å². The monoisotopic (exact) mass is 468 g/mol. The Morgan fingerprint density at radius 2 is 1.35 bits per heavy atom. The minimum Gasteiger partial charge on any atom is -0.494 e. The fraction of sp³-hybridized carbons (Fsp3) is 0.667. The molecule has 0 aliphatic rings. The number of hydrogen-bond donors (Lipinski definition) is 0. The lowest BCUT2D eigenvalue weighted by molar-refractivity contribution is 0.0977. The average Bonchev–Trinajstić information content (AvgIpc) is 2.87. The van der Waals surface area contributed by atoms with E-state index in [9.17, 15) is 0 Å². The lowest BCUT2D eigenvalue weighted by Crippen LogP contribution is -2.06. The summed E-state index contributed by atoms with van der Waals surface area (Å²) in [5, 5.41) is 0. The van der Waals surface area contributed by atoms with Crippen molar-refractivity contribution in [2.45, 2.75) is 104 Å². The Morgan fingerprint density at radius 3 is 2.00 bits per heavy atom. The quantitative estimate of drug-likeness (QED) is 0.183. The Bertz CT molecular complexity index is 730. The molecule has 0 saturated heterocycles. The van der Waals surface area contributed by atoms with Gasteiger partial charge in [0.2, 0.25) is 0 Å². The molecule has 0 saturated carbocycles. The summed E-state index contributed by atoms with van der Waals surface area (Å²) in [4.78, 5) is 9.18. The first-order valence-electron chi connectivity index (χ1n) is 13.8. The summed E-state index contributed by atoms with van der Waals surface area (Å²) in [6.07, 6.45) is 20.5. The highest BCUT2D eigenvalue weighted by atomic mass is 16.5. The van der Waals surface area contributed by atoms with E-state index in [0.717, 1.165) is 56.2 Å². The molecule has 0 unspecified atom stereocenters. The van der Waals surface area contributed by atoms with Crippen LogP contribution >= 0.6 is 0 Å². The number of aromatic nitrogens is 2. The molecule has 1 aromatic carbocycles. The van der Waals surface area contributed by atoms with Crippen molar-refractivity contribution in [3.05, 3.63) is 42.2 Å². The third-order valence-corrected chi connectivity index (χ3v) is 6.44. The fourth-order valence-electron chi connectivity index (χ4n) is 3.87. The van der Waals surface area contributed by atoms with Crippen LogP contribution in [0, 0.1) is 5.92 Å². The second kappa shape index (κ2) is 18.4. The Labute approximate surface area is 208 Å². The van der Waals surface area contributed by atoms with Crippen LogP contribution in [-0.4, -0.2) is 29.8 Å². The zero-order valence-corrected chi connectivity index (χ0v) is 22.1. The Hall–Kier alpha value is -1.94. The van der Waals surface area contributed by atoms with Gasteiger partial charge < -0.3 is 9.47 Å². The fourth-order valence-corrected chi connectivity index (χ4v) is 3.87. The zero-order valence-electron chi connectivity index (χ0n) is 22.1. The Balaban J connectivity index is 1.58. The summed E-state index contributed by atoms with van der Waals surface area (Å²) < 4.78 is 11.6. The molecule has 190 valence electrons. The predicted octanol–water partition coefficient (Wildman–Crippen LogP) is 8.44. The van der Waals surface area contributed by atoms with Gasteiger partial charge in [0.05, 0.1) is 6.61 Å². The van der Waals surface area contributed by atoms with Crippen molar-refractivity contribution >= 4 is 0 Å². The first-order valence-corrected chi connectivity index (χ1v) is 13.8. The maximum atomic E-state index is 5.86. The van der Waals surface area contributed by atoms with E-state index in [2.05, 4.69) is 30.7 Å². The number of ether oxygens (including phenoxy) is 2. The van der Waals surface area contributed by atoms with Crippen LogP contribution in [0.5, 0.6) is 5.75 Å². The molecule has 2 rings (SSSR count). The minimum atomic E-state index is 0.648. The molecule has 0 spiro atoms. The number of unbranched alkanes of at least 4 members (excludes halogenated alkanes) is 9. The summed E-state index contributed by atoms with van der Waals surface area (Å²) in [5.74, 6) is 2.32. The van der Waals surface area contributed by atoms with Crippen LogP contribution in [0.25, 0.3) is 11.4 Å². The second-order valence-electron chi connectivity index (χ2n) is 9.66. The van der Waals surface area contributed by atoms with E-state index in [-0.39, 0.29) is 0 Å². The molecule has 2 aromatic rings. The highest BCUT2D eigenvalue weighted by molar-refractivity contribution is 5.55. The molecule has 0 radical (unpaired) electrons. The molecule has 1 aromatic heterocycles. The Morgan fingerprint density at radius 1 is 0.735 bits per heavy atom. The lowest BCUT2D eigenvalue weighted by Gasteiger charge is -2.10. The van der Waals surface area contributed by atoms with Crippen LogP contribution in [0.4, 0.5) is 0 Å². The van der Waals surface area contributed by atoms with Crippen LogP contribution < -0.4 is 4.74 Å². The lowest BCUT2D eigenvalue weighted by atomic mass is 10.1. The summed E-state index contributed by atoms with van der Waals surface area (Å²) in [6.45, 7) is 9.10. The van der Waals surface area contributed by atoms with Crippen molar-refractivity contribution in [3.63, 3.8) is 0 Å². The molecule has 1 atom stereocenters.